The number of H-pyrrole nitrogens is 1. The summed E-state index contributed by atoms with van der Waals surface area (Å²) < 4.78 is 0. The Hall–Kier alpha value is -2.43. The third-order valence-electron chi connectivity index (χ3n) is 4.09. The Labute approximate surface area is 148 Å². The Balaban J connectivity index is 2.05. The number of hydrogen-bond acceptors (Lipinski definition) is 3. The van der Waals surface area contributed by atoms with E-state index in [0.29, 0.717) is 26.9 Å². The fraction of sp³-hybridized carbons (Fsp3) is 0.0556. The predicted octanol–water partition coefficient (Wildman–Crippen LogP) is 4.75. The van der Waals surface area contributed by atoms with E-state index in [4.69, 9.17) is 23.2 Å². The quantitative estimate of drug-likeness (QED) is 0.587. The van der Waals surface area contributed by atoms with Gasteiger partial charge in [-0.15, -0.1) is 0 Å². The fourth-order valence-electron chi connectivity index (χ4n) is 3.01. The molecule has 120 valence electrons. The van der Waals surface area contributed by atoms with E-state index in [1.54, 1.807) is 24.3 Å². The summed E-state index contributed by atoms with van der Waals surface area (Å²) in [4.78, 5) is 7.18. The van der Waals surface area contributed by atoms with Crippen LogP contribution in [-0.4, -0.2) is 20.9 Å². The minimum atomic E-state index is -0.0957. The zero-order valence-electron chi connectivity index (χ0n) is 12.3. The molecule has 0 atom stereocenters. The third-order valence-corrected chi connectivity index (χ3v) is 4.66. The number of benzene rings is 2. The van der Waals surface area contributed by atoms with Gasteiger partial charge in [-0.2, -0.15) is 0 Å². The van der Waals surface area contributed by atoms with Crippen LogP contribution in [0.5, 0.6) is 11.8 Å². The number of rotatable bonds is 1. The molecule has 0 saturated carbocycles. The van der Waals surface area contributed by atoms with E-state index in [-0.39, 0.29) is 18.3 Å². The van der Waals surface area contributed by atoms with Crippen LogP contribution in [0.4, 0.5) is 0 Å². The smallest absolute Gasteiger partial charge is 0.199 e. The van der Waals surface area contributed by atoms with E-state index in [2.05, 4.69) is 9.98 Å². The number of aromatic nitrogens is 1. The molecule has 0 saturated heterocycles. The number of aromatic amines is 1. The molecule has 3 aromatic rings. The molecule has 1 aliphatic rings. The topological polar surface area (TPSA) is 68.6 Å². The van der Waals surface area contributed by atoms with Crippen molar-refractivity contribution in [1.82, 2.24) is 4.98 Å². The largest absolute Gasteiger partial charge is 0.494 e. The van der Waals surface area contributed by atoms with Crippen molar-refractivity contribution in [1.29, 1.82) is 0 Å². The highest BCUT2D eigenvalue weighted by Gasteiger charge is 2.26. The van der Waals surface area contributed by atoms with E-state index in [1.807, 2.05) is 18.2 Å². The molecular weight excluding hydrogens is 347 g/mol. The molecule has 4 nitrogen and oxygen atoms in total. The standard InChI is InChI=1S/C18H12Cl2N2O2/c19-9-5-6-10-12(7-9)16(11-3-1-2-4-14(11)20)21-8-13-15(10)18(24)22-17(13)23/h1-7,22-24H,8H2. The van der Waals surface area contributed by atoms with Crippen LogP contribution in [0, 0.1) is 0 Å². The molecule has 2 heterocycles. The van der Waals surface area contributed by atoms with Crippen LogP contribution >= 0.6 is 23.2 Å². The SMILES string of the molecule is Oc1[nH]c(O)c2c1CN=C(c1ccccc1Cl)c1cc(Cl)ccc1-2. The van der Waals surface area contributed by atoms with Crippen molar-refractivity contribution < 1.29 is 10.2 Å². The second-order valence-electron chi connectivity index (χ2n) is 5.51. The van der Waals surface area contributed by atoms with Crippen LogP contribution in [0.2, 0.25) is 10.0 Å². The molecule has 0 amide bonds. The lowest BCUT2D eigenvalue weighted by atomic mass is 9.93. The van der Waals surface area contributed by atoms with Gasteiger partial charge in [0.15, 0.2) is 11.8 Å². The first-order chi connectivity index (χ1) is 11.6. The minimum absolute atomic E-state index is 0.0902. The average Bonchev–Trinajstić information content (AvgIpc) is 2.74. The fourth-order valence-corrected chi connectivity index (χ4v) is 3.41. The van der Waals surface area contributed by atoms with Gasteiger partial charge in [-0.25, -0.2) is 0 Å². The molecule has 6 heteroatoms. The van der Waals surface area contributed by atoms with Crippen molar-refractivity contribution in [2.75, 3.05) is 0 Å². The molecular formula is C18H12Cl2N2O2. The van der Waals surface area contributed by atoms with Crippen LogP contribution in [0.3, 0.4) is 0 Å². The Morgan fingerprint density at radius 1 is 0.917 bits per heavy atom. The van der Waals surface area contributed by atoms with Crippen molar-refractivity contribution in [3.63, 3.8) is 0 Å². The lowest BCUT2D eigenvalue weighted by molar-refractivity contribution is 0.423. The molecule has 0 radical (unpaired) electrons. The maximum Gasteiger partial charge on any atom is 0.199 e. The van der Waals surface area contributed by atoms with Crippen molar-refractivity contribution in [3.8, 4) is 22.9 Å². The number of halogens is 2. The van der Waals surface area contributed by atoms with Crippen LogP contribution in [-0.2, 0) is 6.54 Å². The van der Waals surface area contributed by atoms with E-state index in [1.165, 1.54) is 0 Å². The summed E-state index contributed by atoms with van der Waals surface area (Å²) in [6.45, 7) is 0.213. The number of hydrogen-bond donors (Lipinski definition) is 3. The number of nitrogens with one attached hydrogen (secondary N) is 1. The van der Waals surface area contributed by atoms with Gasteiger partial charge >= 0.3 is 0 Å². The van der Waals surface area contributed by atoms with Gasteiger partial charge in [-0.3, -0.25) is 9.98 Å². The molecule has 2 aromatic carbocycles. The highest BCUT2D eigenvalue weighted by Crippen LogP contribution is 2.43. The summed E-state index contributed by atoms with van der Waals surface area (Å²) in [5.74, 6) is -0.186. The first kappa shape index (κ1) is 15.1. The molecule has 0 spiro atoms. The Kier molecular flexibility index (Phi) is 3.52. The summed E-state index contributed by atoms with van der Waals surface area (Å²) in [7, 11) is 0. The predicted molar refractivity (Wildman–Crippen MR) is 95.4 cm³/mol. The molecule has 0 aliphatic carbocycles. The van der Waals surface area contributed by atoms with Gasteiger partial charge in [0.05, 0.1) is 17.8 Å². The van der Waals surface area contributed by atoms with E-state index < -0.39 is 0 Å². The van der Waals surface area contributed by atoms with Gasteiger partial charge in [0, 0.05) is 26.7 Å². The Morgan fingerprint density at radius 3 is 2.50 bits per heavy atom. The minimum Gasteiger partial charge on any atom is -0.494 e. The highest BCUT2D eigenvalue weighted by atomic mass is 35.5. The second kappa shape index (κ2) is 5.58. The molecule has 4 rings (SSSR count). The van der Waals surface area contributed by atoms with Crippen LogP contribution < -0.4 is 0 Å². The summed E-state index contributed by atoms with van der Waals surface area (Å²) in [6, 6.07) is 12.7. The first-order valence-electron chi connectivity index (χ1n) is 7.28. The zero-order chi connectivity index (χ0) is 16.8. The van der Waals surface area contributed by atoms with Crippen molar-refractivity contribution >= 4 is 28.9 Å². The number of fused-ring (bicyclic) bond motifs is 3. The van der Waals surface area contributed by atoms with Gasteiger partial charge in [0.25, 0.3) is 0 Å². The van der Waals surface area contributed by atoms with Crippen molar-refractivity contribution in [3.05, 3.63) is 69.2 Å². The van der Waals surface area contributed by atoms with Crippen molar-refractivity contribution in [2.45, 2.75) is 6.54 Å². The van der Waals surface area contributed by atoms with E-state index in [0.717, 1.165) is 16.7 Å². The van der Waals surface area contributed by atoms with E-state index >= 15 is 0 Å². The van der Waals surface area contributed by atoms with Gasteiger partial charge in [-0.05, 0) is 23.8 Å². The molecule has 0 fully saturated rings. The maximum atomic E-state index is 10.2. The number of aliphatic imine (C=N–C) groups is 1. The summed E-state index contributed by atoms with van der Waals surface area (Å²) in [5, 5.41) is 21.4. The molecule has 1 aromatic heterocycles. The van der Waals surface area contributed by atoms with Gasteiger partial charge in [-0.1, -0.05) is 47.5 Å². The van der Waals surface area contributed by atoms with Crippen LogP contribution in [0.15, 0.2) is 47.5 Å². The summed E-state index contributed by atoms with van der Waals surface area (Å²) in [5.41, 5.74) is 4.01. The van der Waals surface area contributed by atoms with Gasteiger partial charge in [0.1, 0.15) is 0 Å². The van der Waals surface area contributed by atoms with Crippen LogP contribution in [0.1, 0.15) is 16.7 Å². The Morgan fingerprint density at radius 2 is 1.71 bits per heavy atom. The lowest BCUT2D eigenvalue weighted by Crippen LogP contribution is -2.05. The van der Waals surface area contributed by atoms with Crippen LogP contribution in [0.25, 0.3) is 11.1 Å². The average molecular weight is 359 g/mol. The molecule has 3 N–H and O–H groups in total. The maximum absolute atomic E-state index is 10.2. The summed E-state index contributed by atoms with van der Waals surface area (Å²) in [6.07, 6.45) is 0. The highest BCUT2D eigenvalue weighted by molar-refractivity contribution is 6.36. The second-order valence-corrected chi connectivity index (χ2v) is 6.35. The molecule has 0 unspecified atom stereocenters. The van der Waals surface area contributed by atoms with Gasteiger partial charge < -0.3 is 10.2 Å². The number of nitrogens with zero attached hydrogens (tertiary/aromatic N) is 1. The van der Waals surface area contributed by atoms with Crippen molar-refractivity contribution in [2.24, 2.45) is 4.99 Å². The summed E-state index contributed by atoms with van der Waals surface area (Å²) >= 11 is 12.5. The third kappa shape index (κ3) is 2.27. The monoisotopic (exact) mass is 358 g/mol. The Bertz CT molecular complexity index is 993. The normalized spacial score (nSPS) is 13.0. The van der Waals surface area contributed by atoms with E-state index in [9.17, 15) is 10.2 Å². The van der Waals surface area contributed by atoms with Gasteiger partial charge in [0.2, 0.25) is 0 Å². The zero-order valence-corrected chi connectivity index (χ0v) is 13.9. The number of aromatic hydroxyl groups is 2. The molecule has 24 heavy (non-hydrogen) atoms. The lowest BCUT2D eigenvalue weighted by Gasteiger charge is -2.12. The molecule has 1 aliphatic heterocycles. The first-order valence-corrected chi connectivity index (χ1v) is 8.04. The molecule has 0 bridgehead atoms.